The molecule has 0 spiro atoms. The Kier molecular flexibility index (Phi) is 5.64. The molecular formula is C13H21ClN2. The summed E-state index contributed by atoms with van der Waals surface area (Å²) in [4.78, 5) is 2.28. The van der Waals surface area contributed by atoms with Crippen molar-refractivity contribution in [1.82, 2.24) is 5.32 Å². The SMILES string of the molecule is CCCN(C)c1ccc(Cl)cc1CNCC. The molecule has 0 amide bonds. The summed E-state index contributed by atoms with van der Waals surface area (Å²) >= 11 is 6.03. The van der Waals surface area contributed by atoms with E-state index in [0.29, 0.717) is 0 Å². The third-order valence-corrected chi connectivity index (χ3v) is 2.81. The largest absolute Gasteiger partial charge is 0.374 e. The van der Waals surface area contributed by atoms with Gasteiger partial charge in [-0.05, 0) is 36.7 Å². The molecule has 0 bridgehead atoms. The summed E-state index contributed by atoms with van der Waals surface area (Å²) in [5.74, 6) is 0. The van der Waals surface area contributed by atoms with Crippen LogP contribution in [0.15, 0.2) is 18.2 Å². The second-order valence-corrected chi connectivity index (χ2v) is 4.41. The van der Waals surface area contributed by atoms with Crippen LogP contribution in [0.2, 0.25) is 5.02 Å². The quantitative estimate of drug-likeness (QED) is 0.821. The topological polar surface area (TPSA) is 15.3 Å². The minimum atomic E-state index is 0.807. The second kappa shape index (κ2) is 6.77. The number of anilines is 1. The van der Waals surface area contributed by atoms with E-state index in [1.807, 2.05) is 12.1 Å². The van der Waals surface area contributed by atoms with Gasteiger partial charge in [-0.2, -0.15) is 0 Å². The molecule has 0 atom stereocenters. The Bertz CT molecular complexity index is 326. The summed E-state index contributed by atoms with van der Waals surface area (Å²) in [6.07, 6.45) is 1.15. The number of rotatable bonds is 6. The predicted octanol–water partition coefficient (Wildman–Crippen LogP) is 3.30. The van der Waals surface area contributed by atoms with Gasteiger partial charge in [0.15, 0.2) is 0 Å². The summed E-state index contributed by atoms with van der Waals surface area (Å²) in [5, 5.41) is 4.15. The number of halogens is 1. The van der Waals surface area contributed by atoms with Gasteiger partial charge in [0.05, 0.1) is 0 Å². The second-order valence-electron chi connectivity index (χ2n) is 3.97. The van der Waals surface area contributed by atoms with Crippen LogP contribution in [0.1, 0.15) is 25.8 Å². The Balaban J connectivity index is 2.88. The number of hydrogen-bond acceptors (Lipinski definition) is 2. The Hall–Kier alpha value is -0.730. The highest BCUT2D eigenvalue weighted by Gasteiger charge is 2.06. The third-order valence-electron chi connectivity index (χ3n) is 2.58. The zero-order valence-corrected chi connectivity index (χ0v) is 11.1. The van der Waals surface area contributed by atoms with Gasteiger partial charge in [-0.25, -0.2) is 0 Å². The maximum atomic E-state index is 6.03. The van der Waals surface area contributed by atoms with Crippen molar-refractivity contribution < 1.29 is 0 Å². The van der Waals surface area contributed by atoms with Crippen LogP contribution in [0.3, 0.4) is 0 Å². The summed E-state index contributed by atoms with van der Waals surface area (Å²) < 4.78 is 0. The van der Waals surface area contributed by atoms with Crippen molar-refractivity contribution in [3.05, 3.63) is 28.8 Å². The molecule has 0 aliphatic carbocycles. The van der Waals surface area contributed by atoms with Crippen molar-refractivity contribution in [3.8, 4) is 0 Å². The summed E-state index contributed by atoms with van der Waals surface area (Å²) in [5.41, 5.74) is 2.54. The first kappa shape index (κ1) is 13.3. The van der Waals surface area contributed by atoms with Gasteiger partial charge in [0, 0.05) is 30.8 Å². The highest BCUT2D eigenvalue weighted by Crippen LogP contribution is 2.23. The predicted molar refractivity (Wildman–Crippen MR) is 72.4 cm³/mol. The average molecular weight is 241 g/mol. The molecule has 0 heterocycles. The molecule has 16 heavy (non-hydrogen) atoms. The molecule has 1 aromatic carbocycles. The molecule has 1 aromatic rings. The molecule has 1 rings (SSSR count). The molecule has 1 N–H and O–H groups in total. The van der Waals surface area contributed by atoms with E-state index in [1.54, 1.807) is 0 Å². The molecule has 0 saturated heterocycles. The maximum Gasteiger partial charge on any atom is 0.0410 e. The fraction of sp³-hybridized carbons (Fsp3) is 0.538. The van der Waals surface area contributed by atoms with Gasteiger partial charge >= 0.3 is 0 Å². The molecule has 0 aliphatic heterocycles. The highest BCUT2D eigenvalue weighted by molar-refractivity contribution is 6.30. The Morgan fingerprint density at radius 2 is 2.06 bits per heavy atom. The first-order chi connectivity index (χ1) is 7.69. The first-order valence-corrected chi connectivity index (χ1v) is 6.27. The van der Waals surface area contributed by atoms with Crippen molar-refractivity contribution in [3.63, 3.8) is 0 Å². The molecule has 0 fully saturated rings. The number of hydrogen-bond donors (Lipinski definition) is 1. The monoisotopic (exact) mass is 240 g/mol. The molecule has 0 radical (unpaired) electrons. The molecule has 0 saturated carbocycles. The molecule has 0 aliphatic rings. The van der Waals surface area contributed by atoms with E-state index in [0.717, 1.165) is 31.1 Å². The lowest BCUT2D eigenvalue weighted by atomic mass is 10.1. The lowest BCUT2D eigenvalue weighted by Crippen LogP contribution is -2.21. The van der Waals surface area contributed by atoms with Gasteiger partial charge < -0.3 is 10.2 Å². The van der Waals surface area contributed by atoms with Gasteiger partial charge in [0.25, 0.3) is 0 Å². The van der Waals surface area contributed by atoms with Crippen molar-refractivity contribution in [1.29, 1.82) is 0 Å². The van der Waals surface area contributed by atoms with Crippen LogP contribution in [0.4, 0.5) is 5.69 Å². The fourth-order valence-corrected chi connectivity index (χ4v) is 1.98. The van der Waals surface area contributed by atoms with Crippen LogP contribution >= 0.6 is 11.6 Å². The molecule has 0 unspecified atom stereocenters. The smallest absolute Gasteiger partial charge is 0.0410 e. The Morgan fingerprint density at radius 3 is 2.69 bits per heavy atom. The van der Waals surface area contributed by atoms with E-state index >= 15 is 0 Å². The van der Waals surface area contributed by atoms with Gasteiger partial charge in [-0.15, -0.1) is 0 Å². The van der Waals surface area contributed by atoms with Crippen LogP contribution < -0.4 is 10.2 Å². The van der Waals surface area contributed by atoms with Crippen LogP contribution in [0, 0.1) is 0 Å². The van der Waals surface area contributed by atoms with E-state index in [2.05, 4.69) is 37.2 Å². The van der Waals surface area contributed by atoms with E-state index < -0.39 is 0 Å². The summed E-state index contributed by atoms with van der Waals surface area (Å²) in [7, 11) is 2.13. The maximum absolute atomic E-state index is 6.03. The molecule has 0 aromatic heterocycles. The summed E-state index contributed by atoms with van der Waals surface area (Å²) in [6, 6.07) is 6.11. The standard InChI is InChI=1S/C13H21ClN2/c1-4-8-16(3)13-7-6-12(14)9-11(13)10-15-5-2/h6-7,9,15H,4-5,8,10H2,1-3H3. The van der Waals surface area contributed by atoms with Crippen molar-refractivity contribution in [2.24, 2.45) is 0 Å². The molecule has 90 valence electrons. The minimum absolute atomic E-state index is 0.807. The Labute approximate surface area is 104 Å². The lowest BCUT2D eigenvalue weighted by Gasteiger charge is -2.22. The number of nitrogens with one attached hydrogen (secondary N) is 1. The minimum Gasteiger partial charge on any atom is -0.374 e. The summed E-state index contributed by atoms with van der Waals surface area (Å²) in [6.45, 7) is 7.22. The van der Waals surface area contributed by atoms with Gasteiger partial charge in [0.2, 0.25) is 0 Å². The van der Waals surface area contributed by atoms with Gasteiger partial charge in [-0.3, -0.25) is 0 Å². The van der Waals surface area contributed by atoms with Gasteiger partial charge in [-0.1, -0.05) is 25.4 Å². The van der Waals surface area contributed by atoms with Crippen molar-refractivity contribution in [2.75, 3.05) is 25.0 Å². The Morgan fingerprint density at radius 1 is 1.31 bits per heavy atom. The average Bonchev–Trinajstić information content (AvgIpc) is 2.26. The zero-order chi connectivity index (χ0) is 12.0. The molecular weight excluding hydrogens is 220 g/mol. The fourth-order valence-electron chi connectivity index (χ4n) is 1.78. The highest BCUT2D eigenvalue weighted by atomic mass is 35.5. The molecule has 2 nitrogen and oxygen atoms in total. The van der Waals surface area contributed by atoms with E-state index in [1.165, 1.54) is 11.3 Å². The van der Waals surface area contributed by atoms with E-state index in [-0.39, 0.29) is 0 Å². The number of nitrogens with zero attached hydrogens (tertiary/aromatic N) is 1. The normalized spacial score (nSPS) is 10.5. The number of benzene rings is 1. The van der Waals surface area contributed by atoms with Crippen LogP contribution in [-0.4, -0.2) is 20.1 Å². The van der Waals surface area contributed by atoms with E-state index in [9.17, 15) is 0 Å². The lowest BCUT2D eigenvalue weighted by molar-refractivity contribution is 0.722. The van der Waals surface area contributed by atoms with Crippen LogP contribution in [-0.2, 0) is 6.54 Å². The first-order valence-electron chi connectivity index (χ1n) is 5.89. The van der Waals surface area contributed by atoms with E-state index in [4.69, 9.17) is 11.6 Å². The zero-order valence-electron chi connectivity index (χ0n) is 10.4. The van der Waals surface area contributed by atoms with Crippen LogP contribution in [0.25, 0.3) is 0 Å². The van der Waals surface area contributed by atoms with Crippen molar-refractivity contribution >= 4 is 17.3 Å². The van der Waals surface area contributed by atoms with Gasteiger partial charge in [0.1, 0.15) is 0 Å². The molecule has 3 heteroatoms. The van der Waals surface area contributed by atoms with Crippen molar-refractivity contribution in [2.45, 2.75) is 26.8 Å². The third kappa shape index (κ3) is 3.69. The van der Waals surface area contributed by atoms with Crippen LogP contribution in [0.5, 0.6) is 0 Å².